The molecule has 98 valence electrons. The van der Waals surface area contributed by atoms with Gasteiger partial charge >= 0.3 is 6.61 Å². The van der Waals surface area contributed by atoms with Crippen molar-refractivity contribution in [2.45, 2.75) is 11.5 Å². The van der Waals surface area contributed by atoms with Crippen molar-refractivity contribution in [1.82, 2.24) is 10.1 Å². The highest BCUT2D eigenvalue weighted by Crippen LogP contribution is 2.16. The van der Waals surface area contributed by atoms with E-state index in [9.17, 15) is 17.2 Å². The second-order valence-electron chi connectivity index (χ2n) is 3.67. The Morgan fingerprint density at radius 2 is 2.11 bits per heavy atom. The number of benzene rings is 1. The lowest BCUT2D eigenvalue weighted by atomic mass is 10.3. The van der Waals surface area contributed by atoms with Gasteiger partial charge in [0.25, 0.3) is 0 Å². The van der Waals surface area contributed by atoms with Gasteiger partial charge in [-0.1, -0.05) is 0 Å². The third-order valence-electron chi connectivity index (χ3n) is 2.32. The molecule has 1 aromatic carbocycles. The summed E-state index contributed by atoms with van der Waals surface area (Å²) in [6, 6.07) is 4.09. The molecule has 0 atom stereocenters. The topological polar surface area (TPSA) is 65.1 Å². The molecule has 0 aliphatic rings. The Kier molecular flexibility index (Phi) is 2.93. The van der Waals surface area contributed by atoms with E-state index in [1.165, 1.54) is 29.9 Å². The maximum atomic E-state index is 12.2. The second-order valence-corrected chi connectivity index (χ2v) is 5.69. The quantitative estimate of drug-likeness (QED) is 0.736. The number of sulfone groups is 1. The number of aromatic nitrogens is 3. The van der Waals surface area contributed by atoms with Crippen LogP contribution in [0.3, 0.4) is 0 Å². The van der Waals surface area contributed by atoms with Crippen molar-refractivity contribution in [3.63, 3.8) is 0 Å². The minimum Gasteiger partial charge on any atom is -0.240 e. The summed E-state index contributed by atoms with van der Waals surface area (Å²) >= 11 is 0. The van der Waals surface area contributed by atoms with Gasteiger partial charge in [0.2, 0.25) is 11.0 Å². The summed E-state index contributed by atoms with van der Waals surface area (Å²) in [5, 5.41) is 3.69. The van der Waals surface area contributed by atoms with Crippen molar-refractivity contribution < 1.29 is 26.7 Å². The summed E-state index contributed by atoms with van der Waals surface area (Å²) < 4.78 is 48.5. The number of hydrogen-bond acceptors (Lipinski definition) is 4. The maximum Gasteiger partial charge on any atom is 0.429 e. The van der Waals surface area contributed by atoms with E-state index in [2.05, 4.69) is 10.1 Å². The average Bonchev–Trinajstić information content (AvgIpc) is 2.53. The van der Waals surface area contributed by atoms with Gasteiger partial charge in [0, 0.05) is 12.3 Å². The van der Waals surface area contributed by atoms with Crippen molar-refractivity contribution in [2.24, 2.45) is 7.05 Å². The first-order chi connectivity index (χ1) is 8.29. The molecule has 0 radical (unpaired) electrons. The predicted molar refractivity (Wildman–Crippen MR) is 56.6 cm³/mol. The molecular formula is C9H10F2N3O3S+. The van der Waals surface area contributed by atoms with E-state index in [1.807, 2.05) is 0 Å². The molecule has 0 saturated heterocycles. The molecule has 0 spiro atoms. The first-order valence-electron chi connectivity index (χ1n) is 4.83. The van der Waals surface area contributed by atoms with Gasteiger partial charge < -0.3 is 0 Å². The fourth-order valence-corrected chi connectivity index (χ4v) is 2.17. The number of rotatable bonds is 3. The first kappa shape index (κ1) is 12.7. The number of fused-ring (bicyclic) bond motifs is 1. The van der Waals surface area contributed by atoms with Crippen LogP contribution in [0.15, 0.2) is 23.1 Å². The average molecular weight is 278 g/mol. The van der Waals surface area contributed by atoms with Crippen LogP contribution in [0, 0.1) is 0 Å². The highest BCUT2D eigenvalue weighted by Gasteiger charge is 2.22. The van der Waals surface area contributed by atoms with Gasteiger partial charge in [-0.3, -0.25) is 0 Å². The summed E-state index contributed by atoms with van der Waals surface area (Å²) in [7, 11) is -1.89. The third-order valence-corrected chi connectivity index (χ3v) is 3.43. The molecule has 0 saturated carbocycles. The number of alkyl halides is 2. The minimum atomic E-state index is -3.42. The van der Waals surface area contributed by atoms with Gasteiger partial charge in [-0.15, -0.1) is 4.68 Å². The lowest BCUT2D eigenvalue weighted by molar-refractivity contribution is -0.711. The largest absolute Gasteiger partial charge is 0.429 e. The Morgan fingerprint density at radius 1 is 1.44 bits per heavy atom. The van der Waals surface area contributed by atoms with Crippen LogP contribution in [0.5, 0.6) is 0 Å². The molecule has 0 N–H and O–H groups in total. The monoisotopic (exact) mass is 278 g/mol. The lowest BCUT2D eigenvalue weighted by Crippen LogP contribution is -2.33. The maximum absolute atomic E-state index is 12.2. The summed E-state index contributed by atoms with van der Waals surface area (Å²) in [4.78, 5) is 4.79. The standard InChI is InChI=1S/C9H10F2N3O3S/c1-13-7-4-3-6(18(2,15)16)5-8(7)14(12-13)17-9(10)11/h3-5,9H,1-2H3/q+1. The smallest absolute Gasteiger partial charge is 0.240 e. The van der Waals surface area contributed by atoms with E-state index in [1.54, 1.807) is 0 Å². The molecule has 0 bridgehead atoms. The molecule has 18 heavy (non-hydrogen) atoms. The minimum absolute atomic E-state index is 0.00890. The Balaban J connectivity index is 2.66. The van der Waals surface area contributed by atoms with Gasteiger partial charge in [-0.2, -0.15) is 8.78 Å². The SMILES string of the molecule is C[n+]1nn(OC(F)F)c2cc(S(C)(=O)=O)ccc21. The Hall–Kier alpha value is -1.77. The first-order valence-corrected chi connectivity index (χ1v) is 6.72. The van der Waals surface area contributed by atoms with Gasteiger partial charge in [0.05, 0.1) is 9.74 Å². The molecule has 1 aromatic heterocycles. The van der Waals surface area contributed by atoms with Crippen LogP contribution in [0.25, 0.3) is 11.0 Å². The zero-order valence-corrected chi connectivity index (χ0v) is 10.4. The molecular weight excluding hydrogens is 268 g/mol. The highest BCUT2D eigenvalue weighted by molar-refractivity contribution is 7.90. The summed E-state index contributed by atoms with van der Waals surface area (Å²) in [5.41, 5.74) is 0.628. The molecule has 0 aliphatic carbocycles. The zero-order chi connectivity index (χ0) is 13.5. The normalized spacial score (nSPS) is 12.3. The van der Waals surface area contributed by atoms with Gasteiger partial charge in [0.15, 0.2) is 9.84 Å². The van der Waals surface area contributed by atoms with Crippen LogP contribution >= 0.6 is 0 Å². The lowest BCUT2D eigenvalue weighted by Gasteiger charge is -1.97. The van der Waals surface area contributed by atoms with Crippen LogP contribution in [0.4, 0.5) is 8.78 Å². The fraction of sp³-hybridized carbons (Fsp3) is 0.333. The summed E-state index contributed by atoms with van der Waals surface area (Å²) in [5.74, 6) is 0. The van der Waals surface area contributed by atoms with Crippen LogP contribution < -0.4 is 9.52 Å². The van der Waals surface area contributed by atoms with Gasteiger partial charge in [-0.05, 0) is 12.1 Å². The van der Waals surface area contributed by atoms with Crippen molar-refractivity contribution in [1.29, 1.82) is 0 Å². The molecule has 2 rings (SSSR count). The Morgan fingerprint density at radius 3 is 2.67 bits per heavy atom. The molecule has 1 heterocycles. The Bertz CT molecular complexity index is 696. The van der Waals surface area contributed by atoms with Gasteiger partial charge in [0.1, 0.15) is 12.3 Å². The molecule has 0 aliphatic heterocycles. The molecule has 0 fully saturated rings. The fourth-order valence-electron chi connectivity index (χ4n) is 1.53. The molecule has 9 heteroatoms. The third kappa shape index (κ3) is 2.26. The van der Waals surface area contributed by atoms with Crippen molar-refractivity contribution >= 4 is 20.9 Å². The van der Waals surface area contributed by atoms with Crippen LogP contribution in [0.2, 0.25) is 0 Å². The number of nitrogens with zero attached hydrogens (tertiary/aromatic N) is 3. The molecule has 2 aromatic rings. The van der Waals surface area contributed by atoms with Crippen molar-refractivity contribution in [2.75, 3.05) is 6.26 Å². The summed E-state index contributed by atoms with van der Waals surface area (Å²) in [6.45, 7) is -3.05. The van der Waals surface area contributed by atoms with Gasteiger partial charge in [-0.25, -0.2) is 13.3 Å². The van der Waals surface area contributed by atoms with E-state index in [-0.39, 0.29) is 10.4 Å². The zero-order valence-electron chi connectivity index (χ0n) is 9.54. The second kappa shape index (κ2) is 4.16. The molecule has 0 amide bonds. The van der Waals surface area contributed by atoms with E-state index < -0.39 is 16.4 Å². The van der Waals surface area contributed by atoms with Crippen LogP contribution in [-0.4, -0.2) is 31.3 Å². The Labute approximate surface area is 101 Å². The van der Waals surface area contributed by atoms with Crippen LogP contribution in [0.1, 0.15) is 0 Å². The highest BCUT2D eigenvalue weighted by atomic mass is 32.2. The molecule has 0 unspecified atom stereocenters. The number of hydrogen-bond donors (Lipinski definition) is 0. The number of halogens is 2. The van der Waals surface area contributed by atoms with E-state index in [4.69, 9.17) is 0 Å². The van der Waals surface area contributed by atoms with E-state index in [0.29, 0.717) is 10.4 Å². The van der Waals surface area contributed by atoms with Crippen molar-refractivity contribution in [3.8, 4) is 0 Å². The van der Waals surface area contributed by atoms with Crippen molar-refractivity contribution in [3.05, 3.63) is 18.2 Å². The van der Waals surface area contributed by atoms with E-state index in [0.717, 1.165) is 6.26 Å². The molecule has 6 nitrogen and oxygen atoms in total. The number of aryl methyl sites for hydroxylation is 1. The predicted octanol–water partition coefficient (Wildman–Crippen LogP) is -0.0845. The van der Waals surface area contributed by atoms with Crippen LogP contribution in [-0.2, 0) is 16.9 Å². The van der Waals surface area contributed by atoms with E-state index >= 15 is 0 Å². The summed E-state index contributed by atoms with van der Waals surface area (Å²) in [6.07, 6.45) is 1.03.